The molecule has 36 heavy (non-hydrogen) atoms. The number of hydrogen-bond acceptors (Lipinski definition) is 7. The summed E-state index contributed by atoms with van der Waals surface area (Å²) >= 11 is 6.01. The highest BCUT2D eigenvalue weighted by molar-refractivity contribution is 6.30. The number of esters is 1. The first-order valence-corrected chi connectivity index (χ1v) is 11.8. The molecule has 1 aliphatic heterocycles. The van der Waals surface area contributed by atoms with Crippen LogP contribution in [-0.2, 0) is 20.8 Å². The highest BCUT2D eigenvalue weighted by Gasteiger charge is 2.40. The molecule has 1 unspecified atom stereocenters. The van der Waals surface area contributed by atoms with Gasteiger partial charge in [-0.2, -0.15) is 0 Å². The summed E-state index contributed by atoms with van der Waals surface area (Å²) in [7, 11) is 2.51. The first kappa shape index (κ1) is 27.1. The number of amides is 4. The van der Waals surface area contributed by atoms with Crippen LogP contribution in [-0.4, -0.2) is 67.1 Å². The Morgan fingerprint density at radius 2 is 1.83 bits per heavy atom. The van der Waals surface area contributed by atoms with E-state index in [9.17, 15) is 14.4 Å². The van der Waals surface area contributed by atoms with E-state index in [0.29, 0.717) is 10.7 Å². The molecule has 1 heterocycles. The quantitative estimate of drug-likeness (QED) is 0.458. The standard InChI is InChI=1S/C25H31ClN4O6/c1-15(2)36-20-11-10-19(12-16(20)3)27-23-28-24(32)30(14-21(34-4)22(31)35-5)25(33)29(23)13-17-6-8-18(26)9-7-17/h6-12,15,21,23,27H,13-14H2,1-5H3,(H,28,32)/t21-,23?/m0/s1. The number of carbonyl (C=O) groups is 3. The molecule has 2 aromatic rings. The number of rotatable bonds is 10. The maximum atomic E-state index is 13.5. The fourth-order valence-corrected chi connectivity index (χ4v) is 3.80. The molecule has 0 spiro atoms. The van der Waals surface area contributed by atoms with Gasteiger partial charge < -0.3 is 19.5 Å². The number of anilines is 1. The summed E-state index contributed by atoms with van der Waals surface area (Å²) in [5, 5.41) is 6.57. The van der Waals surface area contributed by atoms with E-state index in [1.807, 2.05) is 39.0 Å². The van der Waals surface area contributed by atoms with Crippen LogP contribution in [0.1, 0.15) is 25.0 Å². The minimum absolute atomic E-state index is 0.0273. The van der Waals surface area contributed by atoms with Gasteiger partial charge >= 0.3 is 18.0 Å². The number of nitrogens with zero attached hydrogens (tertiary/aromatic N) is 2. The smallest absolute Gasteiger partial charge is 0.336 e. The number of ether oxygens (including phenoxy) is 3. The van der Waals surface area contributed by atoms with Gasteiger partial charge in [-0.1, -0.05) is 23.7 Å². The van der Waals surface area contributed by atoms with Crippen molar-refractivity contribution in [2.45, 2.75) is 45.8 Å². The number of urea groups is 2. The van der Waals surface area contributed by atoms with Gasteiger partial charge in [0.2, 0.25) is 0 Å². The van der Waals surface area contributed by atoms with Gasteiger partial charge in [-0.25, -0.2) is 19.3 Å². The van der Waals surface area contributed by atoms with Crippen molar-refractivity contribution in [3.63, 3.8) is 0 Å². The zero-order valence-corrected chi connectivity index (χ0v) is 21.7. The van der Waals surface area contributed by atoms with Crippen molar-refractivity contribution in [2.24, 2.45) is 0 Å². The van der Waals surface area contributed by atoms with E-state index in [0.717, 1.165) is 21.8 Å². The van der Waals surface area contributed by atoms with E-state index < -0.39 is 30.4 Å². The number of benzene rings is 2. The molecule has 0 saturated carbocycles. The Balaban J connectivity index is 1.87. The summed E-state index contributed by atoms with van der Waals surface area (Å²) in [6.07, 6.45) is -1.96. The number of aryl methyl sites for hydroxylation is 1. The van der Waals surface area contributed by atoms with Crippen molar-refractivity contribution in [2.75, 3.05) is 26.1 Å². The van der Waals surface area contributed by atoms with E-state index in [1.165, 1.54) is 19.1 Å². The number of halogens is 1. The Morgan fingerprint density at radius 3 is 2.42 bits per heavy atom. The molecule has 1 saturated heterocycles. The van der Waals surface area contributed by atoms with Gasteiger partial charge in [0.25, 0.3) is 0 Å². The summed E-state index contributed by atoms with van der Waals surface area (Å²) in [5.74, 6) is 0.0544. The molecule has 0 radical (unpaired) electrons. The number of methoxy groups -OCH3 is 2. The predicted octanol–water partition coefficient (Wildman–Crippen LogP) is 3.97. The van der Waals surface area contributed by atoms with Gasteiger partial charge in [-0.05, 0) is 62.2 Å². The lowest BCUT2D eigenvalue weighted by atomic mass is 10.2. The number of nitrogens with one attached hydrogen (secondary N) is 2. The van der Waals surface area contributed by atoms with Crippen LogP contribution in [0.3, 0.4) is 0 Å². The monoisotopic (exact) mass is 518 g/mol. The SMILES string of the molecule is COC(=O)[C@H](CN1C(=O)NC(Nc2ccc(OC(C)C)c(C)c2)N(Cc2ccc(Cl)cc2)C1=O)OC. The van der Waals surface area contributed by atoms with Crippen molar-refractivity contribution >= 4 is 35.3 Å². The summed E-state index contributed by atoms with van der Waals surface area (Å²) in [6.45, 7) is 5.66. The van der Waals surface area contributed by atoms with Crippen molar-refractivity contribution < 1.29 is 28.6 Å². The lowest BCUT2D eigenvalue weighted by Crippen LogP contribution is -2.68. The van der Waals surface area contributed by atoms with Crippen molar-refractivity contribution in [1.82, 2.24) is 15.1 Å². The second kappa shape index (κ2) is 12.0. The molecule has 10 nitrogen and oxygen atoms in total. The maximum Gasteiger partial charge on any atom is 0.336 e. The molecule has 0 aromatic heterocycles. The highest BCUT2D eigenvalue weighted by Crippen LogP contribution is 2.25. The van der Waals surface area contributed by atoms with Crippen molar-refractivity contribution in [1.29, 1.82) is 0 Å². The molecule has 2 atom stereocenters. The molecule has 1 fully saturated rings. The molecule has 0 bridgehead atoms. The molecular formula is C25H31ClN4O6. The second-order valence-electron chi connectivity index (χ2n) is 8.54. The van der Waals surface area contributed by atoms with E-state index in [-0.39, 0.29) is 19.2 Å². The van der Waals surface area contributed by atoms with Crippen LogP contribution in [0, 0.1) is 6.92 Å². The molecular weight excluding hydrogens is 488 g/mol. The van der Waals surface area contributed by atoms with Crippen LogP contribution in [0.4, 0.5) is 15.3 Å². The third-order valence-electron chi connectivity index (χ3n) is 5.50. The average molecular weight is 519 g/mol. The zero-order chi connectivity index (χ0) is 26.4. The maximum absolute atomic E-state index is 13.5. The van der Waals surface area contributed by atoms with Crippen LogP contribution < -0.4 is 15.4 Å². The fraction of sp³-hybridized carbons (Fsp3) is 0.400. The van der Waals surface area contributed by atoms with Gasteiger partial charge in [0.05, 0.1) is 26.3 Å². The van der Waals surface area contributed by atoms with Crippen LogP contribution in [0.25, 0.3) is 0 Å². The number of hydrogen-bond donors (Lipinski definition) is 2. The normalized spacial score (nSPS) is 16.6. The van der Waals surface area contributed by atoms with E-state index in [1.54, 1.807) is 24.3 Å². The molecule has 1 aliphatic rings. The summed E-state index contributed by atoms with van der Waals surface area (Å²) < 4.78 is 15.6. The molecule has 2 aromatic carbocycles. The van der Waals surface area contributed by atoms with Crippen LogP contribution in [0.15, 0.2) is 42.5 Å². The first-order valence-electron chi connectivity index (χ1n) is 11.4. The topological polar surface area (TPSA) is 109 Å². The van der Waals surface area contributed by atoms with Crippen LogP contribution >= 0.6 is 11.6 Å². The predicted molar refractivity (Wildman–Crippen MR) is 135 cm³/mol. The van der Waals surface area contributed by atoms with E-state index in [4.69, 9.17) is 25.8 Å². The van der Waals surface area contributed by atoms with Gasteiger partial charge in [-0.15, -0.1) is 0 Å². The van der Waals surface area contributed by atoms with E-state index in [2.05, 4.69) is 10.6 Å². The summed E-state index contributed by atoms with van der Waals surface area (Å²) in [4.78, 5) is 40.8. The zero-order valence-electron chi connectivity index (χ0n) is 20.9. The van der Waals surface area contributed by atoms with Gasteiger partial charge in [0.15, 0.2) is 12.4 Å². The van der Waals surface area contributed by atoms with Gasteiger partial charge in [-0.3, -0.25) is 10.2 Å². The molecule has 4 amide bonds. The third-order valence-corrected chi connectivity index (χ3v) is 5.75. The average Bonchev–Trinajstić information content (AvgIpc) is 2.84. The van der Waals surface area contributed by atoms with E-state index >= 15 is 0 Å². The molecule has 3 rings (SSSR count). The van der Waals surface area contributed by atoms with Gasteiger partial charge in [0.1, 0.15) is 5.75 Å². The fourth-order valence-electron chi connectivity index (χ4n) is 3.67. The Kier molecular flexibility index (Phi) is 9.00. The van der Waals surface area contributed by atoms with Crippen LogP contribution in [0.5, 0.6) is 5.75 Å². The number of carbonyl (C=O) groups excluding carboxylic acids is 3. The molecule has 194 valence electrons. The molecule has 2 N–H and O–H groups in total. The largest absolute Gasteiger partial charge is 0.491 e. The first-order chi connectivity index (χ1) is 17.1. The third kappa shape index (κ3) is 6.58. The minimum atomic E-state index is -1.12. The lowest BCUT2D eigenvalue weighted by Gasteiger charge is -2.42. The Labute approximate surface area is 215 Å². The Bertz CT molecular complexity index is 1090. The Morgan fingerprint density at radius 1 is 1.14 bits per heavy atom. The highest BCUT2D eigenvalue weighted by atomic mass is 35.5. The summed E-state index contributed by atoms with van der Waals surface area (Å²) in [6, 6.07) is 11.3. The Hall–Kier alpha value is -3.50. The minimum Gasteiger partial charge on any atom is -0.491 e. The molecule has 0 aliphatic carbocycles. The molecule has 11 heteroatoms. The number of imide groups is 1. The van der Waals surface area contributed by atoms with Crippen molar-refractivity contribution in [3.05, 3.63) is 58.6 Å². The van der Waals surface area contributed by atoms with Gasteiger partial charge in [0, 0.05) is 17.8 Å². The van der Waals surface area contributed by atoms with Crippen molar-refractivity contribution in [3.8, 4) is 5.75 Å². The second-order valence-corrected chi connectivity index (χ2v) is 8.97. The van der Waals surface area contributed by atoms with Crippen LogP contribution in [0.2, 0.25) is 5.02 Å². The lowest BCUT2D eigenvalue weighted by molar-refractivity contribution is -0.152. The summed E-state index contributed by atoms with van der Waals surface area (Å²) in [5.41, 5.74) is 2.37.